The zero-order valence-corrected chi connectivity index (χ0v) is 20.2. The molecule has 2 amide bonds. The summed E-state index contributed by atoms with van der Waals surface area (Å²) in [7, 11) is 0. The molecule has 4 aromatic rings. The van der Waals surface area contributed by atoms with Gasteiger partial charge in [-0.1, -0.05) is 53.2 Å². The topological polar surface area (TPSA) is 88.9 Å². The molecule has 34 heavy (non-hydrogen) atoms. The highest BCUT2D eigenvalue weighted by Crippen LogP contribution is 2.29. The van der Waals surface area contributed by atoms with Crippen molar-refractivity contribution in [2.75, 3.05) is 16.4 Å². The molecule has 4 rings (SSSR count). The molecule has 1 aromatic heterocycles. The summed E-state index contributed by atoms with van der Waals surface area (Å²) in [6.45, 7) is 3.47. The van der Waals surface area contributed by atoms with Gasteiger partial charge < -0.3 is 10.6 Å². The molecule has 2 N–H and O–H groups in total. The van der Waals surface area contributed by atoms with E-state index in [9.17, 15) is 9.59 Å². The number of rotatable bonds is 7. The molecule has 3 aromatic carbocycles. The molecular weight excluding hydrogens is 470 g/mol. The lowest BCUT2D eigenvalue weighted by atomic mass is 10.1. The van der Waals surface area contributed by atoms with E-state index in [4.69, 9.17) is 11.6 Å². The number of carbonyl (C=O) groups excluding carboxylic acids is 2. The summed E-state index contributed by atoms with van der Waals surface area (Å²) >= 11 is 7.37. The lowest BCUT2D eigenvalue weighted by molar-refractivity contribution is -0.114. The van der Waals surface area contributed by atoms with Crippen molar-refractivity contribution < 1.29 is 9.59 Å². The maximum Gasteiger partial charge on any atom is 0.234 e. The fourth-order valence-electron chi connectivity index (χ4n) is 3.24. The molecule has 9 heteroatoms. The third-order valence-electron chi connectivity index (χ3n) is 4.85. The monoisotopic (exact) mass is 491 g/mol. The molecule has 1 heterocycles. The Bertz CT molecular complexity index is 1300. The van der Waals surface area contributed by atoms with Gasteiger partial charge in [-0.2, -0.15) is 0 Å². The Hall–Kier alpha value is -3.62. The molecule has 0 bridgehead atoms. The van der Waals surface area contributed by atoms with Crippen molar-refractivity contribution in [1.29, 1.82) is 0 Å². The number of hydrogen-bond donors (Lipinski definition) is 2. The first-order valence-corrected chi connectivity index (χ1v) is 11.8. The van der Waals surface area contributed by atoms with E-state index in [1.165, 1.54) is 18.7 Å². The molecule has 0 spiro atoms. The average Bonchev–Trinajstić information content (AvgIpc) is 3.23. The number of thioether (sulfide) groups is 1. The number of anilines is 2. The molecule has 0 atom stereocenters. The second-order valence-corrected chi connectivity index (χ2v) is 8.96. The Morgan fingerprint density at radius 1 is 0.882 bits per heavy atom. The van der Waals surface area contributed by atoms with E-state index in [2.05, 4.69) is 20.8 Å². The molecule has 0 aliphatic carbocycles. The predicted octanol–water partition coefficient (Wildman–Crippen LogP) is 5.59. The lowest BCUT2D eigenvalue weighted by Crippen LogP contribution is -2.14. The van der Waals surface area contributed by atoms with Crippen molar-refractivity contribution in [2.45, 2.75) is 19.0 Å². The normalized spacial score (nSPS) is 10.7. The van der Waals surface area contributed by atoms with Crippen LogP contribution in [0.3, 0.4) is 0 Å². The van der Waals surface area contributed by atoms with Gasteiger partial charge in [0, 0.05) is 34.6 Å². The molecule has 0 saturated carbocycles. The van der Waals surface area contributed by atoms with E-state index in [0.29, 0.717) is 27.4 Å². The average molecular weight is 492 g/mol. The van der Waals surface area contributed by atoms with Gasteiger partial charge >= 0.3 is 0 Å². The number of nitrogens with zero attached hydrogens (tertiary/aromatic N) is 3. The molecule has 172 valence electrons. The number of carbonyl (C=O) groups is 2. The Morgan fingerprint density at radius 3 is 2.12 bits per heavy atom. The zero-order chi connectivity index (χ0) is 24.1. The Morgan fingerprint density at radius 2 is 1.50 bits per heavy atom. The molecular formula is C25H22ClN5O2S. The van der Waals surface area contributed by atoms with Crippen molar-refractivity contribution in [2.24, 2.45) is 0 Å². The van der Waals surface area contributed by atoms with Gasteiger partial charge in [-0.15, -0.1) is 10.2 Å². The van der Waals surface area contributed by atoms with Crippen molar-refractivity contribution in [3.05, 3.63) is 83.4 Å². The maximum absolute atomic E-state index is 12.6. The highest BCUT2D eigenvalue weighted by Gasteiger charge is 2.17. The van der Waals surface area contributed by atoms with Crippen LogP contribution in [0.2, 0.25) is 5.02 Å². The van der Waals surface area contributed by atoms with Crippen LogP contribution < -0.4 is 10.6 Å². The van der Waals surface area contributed by atoms with Crippen LogP contribution in [0.5, 0.6) is 0 Å². The highest BCUT2D eigenvalue weighted by molar-refractivity contribution is 7.99. The largest absolute Gasteiger partial charge is 0.326 e. The summed E-state index contributed by atoms with van der Waals surface area (Å²) in [5, 5.41) is 15.5. The van der Waals surface area contributed by atoms with Crippen LogP contribution in [0, 0.1) is 6.92 Å². The minimum absolute atomic E-state index is 0.146. The van der Waals surface area contributed by atoms with E-state index >= 15 is 0 Å². The number of aryl methyl sites for hydroxylation is 1. The number of amides is 2. The minimum Gasteiger partial charge on any atom is -0.326 e. The third-order valence-corrected chi connectivity index (χ3v) is 6.03. The van der Waals surface area contributed by atoms with E-state index in [1.54, 1.807) is 24.3 Å². The van der Waals surface area contributed by atoms with Crippen LogP contribution in [0.4, 0.5) is 11.4 Å². The first kappa shape index (κ1) is 23.5. The first-order chi connectivity index (χ1) is 16.4. The SMILES string of the molecule is CC(=O)Nc1ccc(NC(=O)CSc2nnc(-c3ccc(C)cc3)n2-c2ccc(Cl)cc2)cc1. The van der Waals surface area contributed by atoms with Gasteiger partial charge in [0.1, 0.15) is 0 Å². The van der Waals surface area contributed by atoms with Gasteiger partial charge in [0.25, 0.3) is 0 Å². The molecule has 0 saturated heterocycles. The van der Waals surface area contributed by atoms with E-state index in [-0.39, 0.29) is 17.6 Å². The number of nitrogens with one attached hydrogen (secondary N) is 2. The fraction of sp³-hybridized carbons (Fsp3) is 0.120. The number of aromatic nitrogens is 3. The van der Waals surface area contributed by atoms with Gasteiger partial charge in [-0.05, 0) is 55.5 Å². The van der Waals surface area contributed by atoms with Gasteiger partial charge in [-0.25, -0.2) is 0 Å². The molecule has 0 radical (unpaired) electrons. The van der Waals surface area contributed by atoms with Crippen molar-refractivity contribution >= 4 is 46.6 Å². The standard InChI is InChI=1S/C25H22ClN5O2S/c1-16-3-5-18(6-4-16)24-29-30-25(31(24)22-13-7-19(26)8-14-22)34-15-23(33)28-21-11-9-20(10-12-21)27-17(2)32/h3-14H,15H2,1-2H3,(H,27,32)(H,28,33). The van der Waals surface area contributed by atoms with Crippen LogP contribution in [0.1, 0.15) is 12.5 Å². The van der Waals surface area contributed by atoms with E-state index in [1.807, 2.05) is 60.0 Å². The second-order valence-electron chi connectivity index (χ2n) is 7.58. The van der Waals surface area contributed by atoms with Gasteiger partial charge in [0.05, 0.1) is 5.75 Å². The number of benzene rings is 3. The van der Waals surface area contributed by atoms with Gasteiger partial charge in [0.2, 0.25) is 11.8 Å². The van der Waals surface area contributed by atoms with Crippen LogP contribution >= 0.6 is 23.4 Å². The van der Waals surface area contributed by atoms with Crippen molar-refractivity contribution in [3.8, 4) is 17.1 Å². The molecule has 0 aliphatic rings. The highest BCUT2D eigenvalue weighted by atomic mass is 35.5. The lowest BCUT2D eigenvalue weighted by Gasteiger charge is -2.11. The molecule has 0 unspecified atom stereocenters. The summed E-state index contributed by atoms with van der Waals surface area (Å²) in [5.41, 5.74) is 4.22. The number of hydrogen-bond acceptors (Lipinski definition) is 5. The summed E-state index contributed by atoms with van der Waals surface area (Å²) in [6, 6.07) is 22.4. The minimum atomic E-state index is -0.181. The van der Waals surface area contributed by atoms with Crippen LogP contribution in [-0.4, -0.2) is 32.3 Å². The van der Waals surface area contributed by atoms with Crippen molar-refractivity contribution in [1.82, 2.24) is 14.8 Å². The van der Waals surface area contributed by atoms with Crippen LogP contribution in [0.15, 0.2) is 78.0 Å². The quantitative estimate of drug-likeness (QED) is 0.329. The van der Waals surface area contributed by atoms with E-state index in [0.717, 1.165) is 16.8 Å². The summed E-state index contributed by atoms with van der Waals surface area (Å²) in [4.78, 5) is 23.7. The second kappa shape index (κ2) is 10.5. The summed E-state index contributed by atoms with van der Waals surface area (Å²) in [6.07, 6.45) is 0. The summed E-state index contributed by atoms with van der Waals surface area (Å²) in [5.74, 6) is 0.495. The predicted molar refractivity (Wildman–Crippen MR) is 137 cm³/mol. The Labute approximate surface area is 206 Å². The smallest absolute Gasteiger partial charge is 0.234 e. The summed E-state index contributed by atoms with van der Waals surface area (Å²) < 4.78 is 1.92. The van der Waals surface area contributed by atoms with Gasteiger partial charge in [-0.3, -0.25) is 14.2 Å². The first-order valence-electron chi connectivity index (χ1n) is 10.5. The zero-order valence-electron chi connectivity index (χ0n) is 18.6. The third kappa shape index (κ3) is 5.84. The van der Waals surface area contributed by atoms with Gasteiger partial charge in [0.15, 0.2) is 11.0 Å². The number of halogens is 1. The van der Waals surface area contributed by atoms with Crippen molar-refractivity contribution in [3.63, 3.8) is 0 Å². The molecule has 0 fully saturated rings. The van der Waals surface area contributed by atoms with E-state index < -0.39 is 0 Å². The fourth-order valence-corrected chi connectivity index (χ4v) is 4.12. The molecule has 7 nitrogen and oxygen atoms in total. The Kier molecular flexibility index (Phi) is 7.30. The molecule has 0 aliphatic heterocycles. The van der Waals surface area contributed by atoms with Crippen LogP contribution in [-0.2, 0) is 9.59 Å². The Balaban J connectivity index is 1.52. The maximum atomic E-state index is 12.6. The van der Waals surface area contributed by atoms with Crippen LogP contribution in [0.25, 0.3) is 17.1 Å².